The Bertz CT molecular complexity index is 631. The molecule has 0 unspecified atom stereocenters. The molecule has 4 heteroatoms. The third-order valence-corrected chi connectivity index (χ3v) is 3.96. The fourth-order valence-corrected chi connectivity index (χ4v) is 2.48. The second kappa shape index (κ2) is 7.79. The van der Waals surface area contributed by atoms with Crippen LogP contribution in [0.1, 0.15) is 41.4 Å². The van der Waals surface area contributed by atoms with Crippen LogP contribution in [0, 0.1) is 0 Å². The lowest BCUT2D eigenvalue weighted by Gasteiger charge is -2.19. The van der Waals surface area contributed by atoms with E-state index in [4.69, 9.17) is 4.74 Å². The van der Waals surface area contributed by atoms with Gasteiger partial charge in [0.2, 0.25) is 0 Å². The number of hydrogen-bond acceptors (Lipinski definition) is 3. The van der Waals surface area contributed by atoms with Crippen molar-refractivity contribution in [1.82, 2.24) is 4.90 Å². The van der Waals surface area contributed by atoms with Gasteiger partial charge in [-0.2, -0.15) is 0 Å². The first kappa shape index (κ1) is 17.0. The van der Waals surface area contributed by atoms with E-state index in [0.717, 1.165) is 16.9 Å². The van der Waals surface area contributed by atoms with Gasteiger partial charge < -0.3 is 14.7 Å². The van der Waals surface area contributed by atoms with Gasteiger partial charge in [0.15, 0.2) is 0 Å². The standard InChI is InChI=1S/C19H23NO3/c1-4-20(5-2)19(22)16-8-6-14(7-9-16)18(21)15-10-12-17(23-3)13-11-15/h6-13,18,21H,4-5H2,1-3H3/t18-/m0/s1. The number of amides is 1. The van der Waals surface area contributed by atoms with Crippen LogP contribution in [0.15, 0.2) is 48.5 Å². The maximum absolute atomic E-state index is 12.3. The van der Waals surface area contributed by atoms with Crippen LogP contribution < -0.4 is 4.74 Å². The summed E-state index contributed by atoms with van der Waals surface area (Å²) in [5.41, 5.74) is 2.18. The molecule has 0 aliphatic carbocycles. The minimum absolute atomic E-state index is 0.0143. The van der Waals surface area contributed by atoms with Crippen molar-refractivity contribution in [3.63, 3.8) is 0 Å². The number of carbonyl (C=O) groups is 1. The number of nitrogens with zero attached hydrogens (tertiary/aromatic N) is 1. The van der Waals surface area contributed by atoms with Gasteiger partial charge >= 0.3 is 0 Å². The van der Waals surface area contributed by atoms with Crippen LogP contribution in [-0.2, 0) is 0 Å². The highest BCUT2D eigenvalue weighted by atomic mass is 16.5. The van der Waals surface area contributed by atoms with E-state index in [9.17, 15) is 9.90 Å². The molecule has 0 saturated carbocycles. The van der Waals surface area contributed by atoms with Crippen molar-refractivity contribution < 1.29 is 14.6 Å². The van der Waals surface area contributed by atoms with Gasteiger partial charge in [-0.3, -0.25) is 4.79 Å². The van der Waals surface area contributed by atoms with Crippen molar-refractivity contribution in [2.45, 2.75) is 20.0 Å². The molecule has 0 spiro atoms. The Kier molecular flexibility index (Phi) is 5.77. The molecule has 2 aromatic carbocycles. The molecule has 122 valence electrons. The maximum atomic E-state index is 12.3. The number of methoxy groups -OCH3 is 1. The Morgan fingerprint density at radius 1 is 1.00 bits per heavy atom. The van der Waals surface area contributed by atoms with Gasteiger partial charge in [-0.25, -0.2) is 0 Å². The number of aliphatic hydroxyl groups is 1. The Labute approximate surface area is 137 Å². The van der Waals surface area contributed by atoms with E-state index in [2.05, 4.69) is 0 Å². The maximum Gasteiger partial charge on any atom is 0.253 e. The van der Waals surface area contributed by atoms with Gasteiger partial charge in [0.25, 0.3) is 5.91 Å². The summed E-state index contributed by atoms with van der Waals surface area (Å²) in [4.78, 5) is 14.1. The van der Waals surface area contributed by atoms with Crippen molar-refractivity contribution in [3.05, 3.63) is 65.2 Å². The van der Waals surface area contributed by atoms with Crippen molar-refractivity contribution in [3.8, 4) is 5.75 Å². The van der Waals surface area contributed by atoms with Gasteiger partial charge in [-0.1, -0.05) is 24.3 Å². The average molecular weight is 313 g/mol. The van der Waals surface area contributed by atoms with Crippen molar-refractivity contribution >= 4 is 5.91 Å². The van der Waals surface area contributed by atoms with Crippen LogP contribution >= 0.6 is 0 Å². The lowest BCUT2D eigenvalue weighted by atomic mass is 10.00. The number of ether oxygens (including phenoxy) is 1. The predicted octanol–water partition coefficient (Wildman–Crippen LogP) is 3.26. The largest absolute Gasteiger partial charge is 0.497 e. The Balaban J connectivity index is 2.16. The molecule has 0 saturated heterocycles. The highest BCUT2D eigenvalue weighted by Gasteiger charge is 2.14. The SMILES string of the molecule is CCN(CC)C(=O)c1ccc([C@H](O)c2ccc(OC)cc2)cc1. The molecule has 2 rings (SSSR count). The summed E-state index contributed by atoms with van der Waals surface area (Å²) in [7, 11) is 1.61. The van der Waals surface area contributed by atoms with Gasteiger partial charge in [-0.15, -0.1) is 0 Å². The summed E-state index contributed by atoms with van der Waals surface area (Å²) in [6, 6.07) is 14.4. The van der Waals surface area contributed by atoms with E-state index in [1.165, 1.54) is 0 Å². The molecule has 2 aromatic rings. The fraction of sp³-hybridized carbons (Fsp3) is 0.316. The zero-order valence-electron chi connectivity index (χ0n) is 13.8. The van der Waals surface area contributed by atoms with Gasteiger partial charge in [0, 0.05) is 18.7 Å². The summed E-state index contributed by atoms with van der Waals surface area (Å²) in [6.07, 6.45) is -0.724. The van der Waals surface area contributed by atoms with Gasteiger partial charge in [-0.05, 0) is 49.2 Å². The van der Waals surface area contributed by atoms with E-state index < -0.39 is 6.10 Å². The monoisotopic (exact) mass is 313 g/mol. The van der Waals surface area contributed by atoms with Crippen LogP contribution in [0.4, 0.5) is 0 Å². The van der Waals surface area contributed by atoms with E-state index in [-0.39, 0.29) is 5.91 Å². The molecule has 0 aliphatic rings. The molecule has 4 nitrogen and oxygen atoms in total. The minimum atomic E-state index is -0.724. The number of rotatable bonds is 6. The second-order valence-corrected chi connectivity index (χ2v) is 5.28. The smallest absolute Gasteiger partial charge is 0.253 e. The minimum Gasteiger partial charge on any atom is -0.497 e. The van der Waals surface area contributed by atoms with Crippen molar-refractivity contribution in [2.75, 3.05) is 20.2 Å². The molecule has 0 aliphatic heterocycles. The fourth-order valence-electron chi connectivity index (χ4n) is 2.48. The van der Waals surface area contributed by atoms with E-state index >= 15 is 0 Å². The third-order valence-electron chi connectivity index (χ3n) is 3.96. The molecule has 0 aromatic heterocycles. The van der Waals surface area contributed by atoms with Crippen molar-refractivity contribution in [2.24, 2.45) is 0 Å². The number of hydrogen-bond donors (Lipinski definition) is 1. The first-order chi connectivity index (χ1) is 11.1. The molecule has 0 fully saturated rings. The first-order valence-electron chi connectivity index (χ1n) is 7.82. The Morgan fingerprint density at radius 3 is 1.91 bits per heavy atom. The molecule has 1 atom stereocenters. The summed E-state index contributed by atoms with van der Waals surface area (Å²) >= 11 is 0. The zero-order chi connectivity index (χ0) is 16.8. The topological polar surface area (TPSA) is 49.8 Å². The molecule has 0 radical (unpaired) electrons. The lowest BCUT2D eigenvalue weighted by Crippen LogP contribution is -2.30. The predicted molar refractivity (Wildman–Crippen MR) is 90.7 cm³/mol. The van der Waals surface area contributed by atoms with Crippen molar-refractivity contribution in [1.29, 1.82) is 0 Å². The molecule has 1 N–H and O–H groups in total. The lowest BCUT2D eigenvalue weighted by molar-refractivity contribution is 0.0773. The zero-order valence-corrected chi connectivity index (χ0v) is 13.8. The van der Waals surface area contributed by atoms with Crippen LogP contribution in [0.3, 0.4) is 0 Å². The molecule has 23 heavy (non-hydrogen) atoms. The molecular weight excluding hydrogens is 290 g/mol. The van der Waals surface area contributed by atoms with Crippen LogP contribution in [0.2, 0.25) is 0 Å². The Hall–Kier alpha value is -2.33. The van der Waals surface area contributed by atoms with E-state index in [0.29, 0.717) is 18.7 Å². The van der Waals surface area contributed by atoms with E-state index in [1.807, 2.05) is 38.1 Å². The highest BCUT2D eigenvalue weighted by Crippen LogP contribution is 2.24. The second-order valence-electron chi connectivity index (χ2n) is 5.28. The number of aliphatic hydroxyl groups excluding tert-OH is 1. The Morgan fingerprint density at radius 2 is 1.48 bits per heavy atom. The molecule has 1 amide bonds. The van der Waals surface area contributed by atoms with Crippen LogP contribution in [0.25, 0.3) is 0 Å². The molecule has 0 bridgehead atoms. The summed E-state index contributed by atoms with van der Waals surface area (Å²) < 4.78 is 5.12. The van der Waals surface area contributed by atoms with E-state index in [1.54, 1.807) is 36.3 Å². The van der Waals surface area contributed by atoms with Crippen LogP contribution in [-0.4, -0.2) is 36.1 Å². The van der Waals surface area contributed by atoms with Crippen LogP contribution in [0.5, 0.6) is 5.75 Å². The summed E-state index contributed by atoms with van der Waals surface area (Å²) in [6.45, 7) is 5.30. The average Bonchev–Trinajstić information content (AvgIpc) is 2.62. The normalized spacial score (nSPS) is 11.8. The molecular formula is C19H23NO3. The quantitative estimate of drug-likeness (QED) is 0.890. The summed E-state index contributed by atoms with van der Waals surface area (Å²) in [5.74, 6) is 0.765. The van der Waals surface area contributed by atoms with Gasteiger partial charge in [0.05, 0.1) is 7.11 Å². The number of benzene rings is 2. The first-order valence-corrected chi connectivity index (χ1v) is 7.82. The molecule has 0 heterocycles. The highest BCUT2D eigenvalue weighted by molar-refractivity contribution is 5.94. The summed E-state index contributed by atoms with van der Waals surface area (Å²) in [5, 5.41) is 10.5. The van der Waals surface area contributed by atoms with Gasteiger partial charge in [0.1, 0.15) is 11.9 Å². The third kappa shape index (κ3) is 3.90. The number of carbonyl (C=O) groups excluding carboxylic acids is 1.